The van der Waals surface area contributed by atoms with Crippen molar-refractivity contribution in [2.45, 2.75) is 6.54 Å². The summed E-state index contributed by atoms with van der Waals surface area (Å²) in [6.45, 7) is 0.306. The summed E-state index contributed by atoms with van der Waals surface area (Å²) in [5, 5.41) is 0.474. The highest BCUT2D eigenvalue weighted by molar-refractivity contribution is 9.10. The first-order valence-corrected chi connectivity index (χ1v) is 5.63. The molecule has 0 fully saturated rings. The molecule has 1 aromatic heterocycles. The molecule has 16 heavy (non-hydrogen) atoms. The standard InChI is InChI=1S/C10H8BrClN2O2/c11-6-1-2-9(8(12)3-6)16-10-14-7(4-13)5-15-10/h1-3,5H,4,13H2. The molecule has 1 heterocycles. The first-order valence-electron chi connectivity index (χ1n) is 4.46. The van der Waals surface area contributed by atoms with Crippen LogP contribution in [0.5, 0.6) is 11.8 Å². The number of nitrogens with zero attached hydrogens (tertiary/aromatic N) is 1. The molecule has 0 amide bonds. The Morgan fingerprint density at radius 2 is 2.31 bits per heavy atom. The average Bonchev–Trinajstić information content (AvgIpc) is 2.70. The van der Waals surface area contributed by atoms with E-state index in [1.54, 1.807) is 12.1 Å². The van der Waals surface area contributed by atoms with E-state index in [0.717, 1.165) is 4.47 Å². The molecule has 1 aromatic carbocycles. The van der Waals surface area contributed by atoms with Crippen molar-refractivity contribution in [1.82, 2.24) is 4.98 Å². The fourth-order valence-corrected chi connectivity index (χ4v) is 1.79. The largest absolute Gasteiger partial charge is 0.417 e. The summed E-state index contributed by atoms with van der Waals surface area (Å²) in [6.07, 6.45) is 1.58. The Bertz CT molecular complexity index is 501. The topological polar surface area (TPSA) is 61.3 Å². The van der Waals surface area contributed by atoms with Crippen molar-refractivity contribution in [1.29, 1.82) is 0 Å². The van der Waals surface area contributed by atoms with Gasteiger partial charge in [-0.2, -0.15) is 4.98 Å². The quantitative estimate of drug-likeness (QED) is 0.944. The van der Waals surface area contributed by atoms with E-state index in [9.17, 15) is 0 Å². The molecule has 0 aliphatic carbocycles. The molecule has 4 nitrogen and oxygen atoms in total. The Morgan fingerprint density at radius 3 is 2.94 bits per heavy atom. The van der Waals surface area contributed by atoms with Gasteiger partial charge < -0.3 is 14.9 Å². The van der Waals surface area contributed by atoms with Crippen LogP contribution in [0.3, 0.4) is 0 Å². The molecule has 0 saturated carbocycles. The van der Waals surface area contributed by atoms with Gasteiger partial charge in [0.2, 0.25) is 0 Å². The molecule has 0 unspecified atom stereocenters. The second-order valence-corrected chi connectivity index (χ2v) is 4.31. The zero-order chi connectivity index (χ0) is 11.5. The van der Waals surface area contributed by atoms with E-state index in [2.05, 4.69) is 20.9 Å². The lowest BCUT2D eigenvalue weighted by Gasteiger charge is -2.02. The van der Waals surface area contributed by atoms with Crippen LogP contribution in [0, 0.1) is 0 Å². The SMILES string of the molecule is NCc1coc(Oc2ccc(Br)cc2Cl)n1. The number of benzene rings is 1. The highest BCUT2D eigenvalue weighted by Crippen LogP contribution is 2.31. The molecule has 2 N–H and O–H groups in total. The van der Waals surface area contributed by atoms with Crippen LogP contribution in [0.15, 0.2) is 33.4 Å². The smallest absolute Gasteiger partial charge is 0.399 e. The van der Waals surface area contributed by atoms with Crippen molar-refractivity contribution >= 4 is 27.5 Å². The van der Waals surface area contributed by atoms with Gasteiger partial charge in [0.15, 0.2) is 5.75 Å². The lowest BCUT2D eigenvalue weighted by atomic mass is 10.3. The van der Waals surface area contributed by atoms with Crippen LogP contribution in [0.2, 0.25) is 5.02 Å². The zero-order valence-electron chi connectivity index (χ0n) is 8.11. The van der Waals surface area contributed by atoms with Crippen molar-refractivity contribution in [2.24, 2.45) is 5.73 Å². The van der Waals surface area contributed by atoms with Gasteiger partial charge in [-0.1, -0.05) is 27.5 Å². The molecular weight excluding hydrogens is 295 g/mol. The number of hydrogen-bond acceptors (Lipinski definition) is 4. The molecular formula is C10H8BrClN2O2. The third-order valence-corrected chi connectivity index (χ3v) is 2.62. The van der Waals surface area contributed by atoms with Crippen molar-refractivity contribution in [2.75, 3.05) is 0 Å². The Labute approximate surface area is 105 Å². The Hall–Kier alpha value is -1.04. The predicted octanol–water partition coefficient (Wildman–Crippen LogP) is 3.34. The van der Waals surface area contributed by atoms with Crippen molar-refractivity contribution in [3.8, 4) is 11.8 Å². The van der Waals surface area contributed by atoms with Gasteiger partial charge in [-0.15, -0.1) is 0 Å². The fraction of sp³-hybridized carbons (Fsp3) is 0.100. The summed E-state index contributed by atoms with van der Waals surface area (Å²) in [7, 11) is 0. The van der Waals surface area contributed by atoms with Crippen molar-refractivity contribution < 1.29 is 9.15 Å². The van der Waals surface area contributed by atoms with Crippen molar-refractivity contribution in [3.63, 3.8) is 0 Å². The van der Waals surface area contributed by atoms with Gasteiger partial charge in [-0.25, -0.2) is 0 Å². The Balaban J connectivity index is 2.20. The van der Waals surface area contributed by atoms with E-state index in [0.29, 0.717) is 23.0 Å². The molecule has 2 rings (SSSR count). The van der Waals surface area contributed by atoms with Crippen LogP contribution in [-0.2, 0) is 6.54 Å². The summed E-state index contributed by atoms with van der Waals surface area (Å²) in [4.78, 5) is 4.00. The maximum Gasteiger partial charge on any atom is 0.399 e. The molecule has 0 saturated heterocycles. The minimum atomic E-state index is 0.129. The number of rotatable bonds is 3. The number of oxazole rings is 1. The lowest BCUT2D eigenvalue weighted by molar-refractivity contribution is 0.331. The number of halogens is 2. The molecule has 6 heteroatoms. The van der Waals surface area contributed by atoms with E-state index in [1.165, 1.54) is 6.26 Å². The van der Waals surface area contributed by atoms with Gasteiger partial charge in [-0.05, 0) is 18.2 Å². The van der Waals surface area contributed by atoms with Crippen LogP contribution >= 0.6 is 27.5 Å². The lowest BCUT2D eigenvalue weighted by Crippen LogP contribution is -1.95. The third-order valence-electron chi connectivity index (χ3n) is 1.83. The monoisotopic (exact) mass is 302 g/mol. The van der Waals surface area contributed by atoms with Gasteiger partial charge in [0.1, 0.15) is 6.26 Å². The second-order valence-electron chi connectivity index (χ2n) is 2.99. The van der Waals surface area contributed by atoms with Crippen LogP contribution < -0.4 is 10.5 Å². The van der Waals surface area contributed by atoms with Gasteiger partial charge in [0.25, 0.3) is 0 Å². The Kier molecular flexibility index (Phi) is 3.48. The van der Waals surface area contributed by atoms with Gasteiger partial charge in [0.05, 0.1) is 10.7 Å². The zero-order valence-corrected chi connectivity index (χ0v) is 10.5. The van der Waals surface area contributed by atoms with Crippen LogP contribution in [0.1, 0.15) is 5.69 Å². The maximum absolute atomic E-state index is 5.97. The van der Waals surface area contributed by atoms with E-state index in [4.69, 9.17) is 26.5 Å². The summed E-state index contributed by atoms with van der Waals surface area (Å²) < 4.78 is 11.3. The third kappa shape index (κ3) is 2.55. The summed E-state index contributed by atoms with van der Waals surface area (Å²) >= 11 is 9.27. The molecule has 0 aliphatic heterocycles. The van der Waals surface area contributed by atoms with Crippen molar-refractivity contribution in [3.05, 3.63) is 39.7 Å². The van der Waals surface area contributed by atoms with Gasteiger partial charge in [-0.3, -0.25) is 0 Å². The highest BCUT2D eigenvalue weighted by atomic mass is 79.9. The van der Waals surface area contributed by atoms with Crippen LogP contribution in [-0.4, -0.2) is 4.98 Å². The summed E-state index contributed by atoms with van der Waals surface area (Å²) in [5.74, 6) is 0.482. The Morgan fingerprint density at radius 1 is 1.50 bits per heavy atom. The van der Waals surface area contributed by atoms with Gasteiger partial charge >= 0.3 is 6.08 Å². The van der Waals surface area contributed by atoms with Crippen LogP contribution in [0.4, 0.5) is 0 Å². The molecule has 0 atom stereocenters. The number of hydrogen-bond donors (Lipinski definition) is 1. The summed E-state index contributed by atoms with van der Waals surface area (Å²) in [6, 6.07) is 5.26. The number of ether oxygens (including phenoxy) is 1. The number of nitrogens with two attached hydrogens (primary N) is 1. The molecule has 0 aliphatic rings. The first-order chi connectivity index (χ1) is 7.69. The molecule has 0 spiro atoms. The first kappa shape index (κ1) is 11.4. The second kappa shape index (κ2) is 4.86. The van der Waals surface area contributed by atoms with E-state index in [-0.39, 0.29) is 6.08 Å². The molecule has 0 radical (unpaired) electrons. The predicted molar refractivity (Wildman–Crippen MR) is 63.6 cm³/mol. The number of aromatic nitrogens is 1. The maximum atomic E-state index is 5.97. The van der Waals surface area contributed by atoms with Crippen LogP contribution in [0.25, 0.3) is 0 Å². The van der Waals surface area contributed by atoms with E-state index in [1.807, 2.05) is 6.07 Å². The highest BCUT2D eigenvalue weighted by Gasteiger charge is 2.08. The van der Waals surface area contributed by atoms with Gasteiger partial charge in [0, 0.05) is 11.0 Å². The normalized spacial score (nSPS) is 10.4. The molecule has 84 valence electrons. The summed E-state index contributed by atoms with van der Waals surface area (Å²) in [5.41, 5.74) is 6.02. The van der Waals surface area contributed by atoms with E-state index >= 15 is 0 Å². The molecule has 0 bridgehead atoms. The minimum Gasteiger partial charge on any atom is -0.417 e. The fourth-order valence-electron chi connectivity index (χ4n) is 1.08. The minimum absolute atomic E-state index is 0.129. The van der Waals surface area contributed by atoms with E-state index < -0.39 is 0 Å². The average molecular weight is 304 g/mol. The molecule has 2 aromatic rings.